The molecule has 0 unspecified atom stereocenters. The lowest BCUT2D eigenvalue weighted by Gasteiger charge is -2.46. The molecule has 30 heavy (non-hydrogen) atoms. The maximum absolute atomic E-state index is 13.3. The van der Waals surface area contributed by atoms with Gasteiger partial charge in [-0.2, -0.15) is 0 Å². The summed E-state index contributed by atoms with van der Waals surface area (Å²) in [6.45, 7) is 2.01. The number of phenols is 1. The second kappa shape index (κ2) is 6.70. The van der Waals surface area contributed by atoms with E-state index in [0.29, 0.717) is 6.42 Å². The number of aliphatic hydroxyl groups excluding tert-OH is 2. The van der Waals surface area contributed by atoms with Crippen molar-refractivity contribution in [3.8, 4) is 5.75 Å². The van der Waals surface area contributed by atoms with Gasteiger partial charge in [-0.05, 0) is 42.4 Å². The first-order valence-electron chi connectivity index (χ1n) is 9.93. The maximum atomic E-state index is 13.3. The van der Waals surface area contributed by atoms with Crippen LogP contribution >= 0.6 is 0 Å². The lowest BCUT2D eigenvalue weighted by Crippen LogP contribution is -2.58. The van der Waals surface area contributed by atoms with Crippen LogP contribution in [0.1, 0.15) is 42.9 Å². The molecule has 3 aliphatic rings. The molecule has 1 saturated carbocycles. The number of aryl methyl sites for hydroxylation is 1. The number of hydrogen-bond acceptors (Lipinski definition) is 7. The summed E-state index contributed by atoms with van der Waals surface area (Å²) < 4.78 is 0. The molecule has 3 aliphatic carbocycles. The van der Waals surface area contributed by atoms with Gasteiger partial charge in [-0.15, -0.1) is 0 Å². The van der Waals surface area contributed by atoms with Gasteiger partial charge < -0.3 is 26.2 Å². The van der Waals surface area contributed by atoms with E-state index in [1.54, 1.807) is 6.07 Å². The molecule has 1 aromatic rings. The van der Waals surface area contributed by atoms with E-state index in [0.717, 1.165) is 24.0 Å². The van der Waals surface area contributed by atoms with Crippen molar-refractivity contribution in [2.24, 2.45) is 17.6 Å². The summed E-state index contributed by atoms with van der Waals surface area (Å²) in [5, 5.41) is 43.0. The van der Waals surface area contributed by atoms with E-state index in [-0.39, 0.29) is 29.7 Å². The normalized spacial score (nSPS) is 28.2. The number of rotatable bonds is 3. The molecule has 0 spiro atoms. The molecule has 0 bridgehead atoms. The van der Waals surface area contributed by atoms with E-state index in [1.165, 1.54) is 6.07 Å². The number of phenolic OH excluding ortho intramolecular Hbond substituents is 1. The molecule has 0 heterocycles. The Morgan fingerprint density at radius 3 is 2.53 bits per heavy atom. The number of Topliss-reactive ketones (excluding diaryl/α,β-unsaturated/α-hetero) is 2. The highest BCUT2D eigenvalue weighted by atomic mass is 16.3. The zero-order chi connectivity index (χ0) is 22.0. The number of hydrogen-bond donors (Lipinski definition) is 5. The Hall–Kier alpha value is -3.13. The van der Waals surface area contributed by atoms with Crippen LogP contribution in [0.3, 0.4) is 0 Å². The molecule has 0 aromatic heterocycles. The first-order valence-corrected chi connectivity index (χ1v) is 9.93. The molecule has 1 fully saturated rings. The molecule has 158 valence electrons. The molecule has 0 radical (unpaired) electrons. The zero-order valence-corrected chi connectivity index (χ0v) is 16.4. The Kier molecular flexibility index (Phi) is 4.50. The number of ketones is 2. The Morgan fingerprint density at radius 1 is 1.20 bits per heavy atom. The standard InChI is InChI=1S/C22H23NO7/c1-2-3-9-4-5-13(24)16-12(9)7-10-6-11-8-14(25)17(21(23)29)20(28)22(11,30)19(27)15(10)18(16)26/h4-5,10-11,24,26,28,30H,2-3,6-8H2,1H3,(H2,23,29)/t10-,11+,22+/m1/s1. The molecule has 0 aliphatic heterocycles. The van der Waals surface area contributed by atoms with Gasteiger partial charge in [0, 0.05) is 17.9 Å². The highest BCUT2D eigenvalue weighted by molar-refractivity contribution is 6.22. The number of fused-ring (bicyclic) bond motifs is 3. The Balaban J connectivity index is 1.92. The smallest absolute Gasteiger partial charge is 0.255 e. The van der Waals surface area contributed by atoms with E-state index in [2.05, 4.69) is 0 Å². The van der Waals surface area contributed by atoms with Gasteiger partial charge in [0.25, 0.3) is 5.91 Å². The van der Waals surface area contributed by atoms with Gasteiger partial charge in [0.1, 0.15) is 22.8 Å². The van der Waals surface area contributed by atoms with Gasteiger partial charge in [0.15, 0.2) is 11.4 Å². The molecule has 0 saturated heterocycles. The van der Waals surface area contributed by atoms with Gasteiger partial charge in [0.2, 0.25) is 5.78 Å². The predicted octanol–water partition coefficient (Wildman–Crippen LogP) is 1.38. The van der Waals surface area contributed by atoms with E-state index < -0.39 is 52.0 Å². The van der Waals surface area contributed by atoms with Crippen LogP contribution in [0.2, 0.25) is 0 Å². The molecular weight excluding hydrogens is 390 g/mol. The molecule has 6 N–H and O–H groups in total. The van der Waals surface area contributed by atoms with Gasteiger partial charge >= 0.3 is 0 Å². The van der Waals surface area contributed by atoms with E-state index in [9.17, 15) is 34.8 Å². The maximum Gasteiger partial charge on any atom is 0.255 e. The van der Waals surface area contributed by atoms with Crippen LogP contribution in [-0.4, -0.2) is 43.5 Å². The molecule has 1 aromatic carbocycles. The average Bonchev–Trinajstić information content (AvgIpc) is 2.66. The molecule has 3 atom stereocenters. The fraction of sp³-hybridized carbons (Fsp3) is 0.409. The quantitative estimate of drug-likeness (QED) is 0.468. The van der Waals surface area contributed by atoms with Gasteiger partial charge in [0.05, 0.1) is 5.56 Å². The topological polar surface area (TPSA) is 158 Å². The largest absolute Gasteiger partial charge is 0.508 e. The van der Waals surface area contributed by atoms with E-state index >= 15 is 0 Å². The number of aromatic hydroxyl groups is 1. The first kappa shape index (κ1) is 20.2. The third kappa shape index (κ3) is 2.53. The summed E-state index contributed by atoms with van der Waals surface area (Å²) in [6, 6.07) is 3.24. The average molecular weight is 413 g/mol. The Labute approximate surface area is 172 Å². The van der Waals surface area contributed by atoms with Crippen LogP contribution in [0.15, 0.2) is 29.0 Å². The minimum Gasteiger partial charge on any atom is -0.508 e. The van der Waals surface area contributed by atoms with Crippen LogP contribution in [0.5, 0.6) is 5.75 Å². The van der Waals surface area contributed by atoms with Gasteiger partial charge in [-0.1, -0.05) is 19.4 Å². The molecule has 4 rings (SSSR count). The molecular formula is C22H23NO7. The van der Waals surface area contributed by atoms with Crippen molar-refractivity contribution in [2.75, 3.05) is 0 Å². The van der Waals surface area contributed by atoms with Gasteiger partial charge in [-0.25, -0.2) is 0 Å². The van der Waals surface area contributed by atoms with Crippen LogP contribution in [0.4, 0.5) is 0 Å². The van der Waals surface area contributed by atoms with Crippen molar-refractivity contribution in [1.29, 1.82) is 0 Å². The summed E-state index contributed by atoms with van der Waals surface area (Å²) in [5.41, 5.74) is 3.57. The van der Waals surface area contributed by atoms with Crippen molar-refractivity contribution in [3.05, 3.63) is 45.7 Å². The van der Waals surface area contributed by atoms with Crippen molar-refractivity contribution < 1.29 is 34.8 Å². The molecule has 8 nitrogen and oxygen atoms in total. The second-order valence-electron chi connectivity index (χ2n) is 8.25. The van der Waals surface area contributed by atoms with Crippen LogP contribution in [0.25, 0.3) is 5.76 Å². The van der Waals surface area contributed by atoms with Crippen LogP contribution < -0.4 is 5.73 Å². The fourth-order valence-corrected chi connectivity index (χ4v) is 5.19. The lowest BCUT2D eigenvalue weighted by molar-refractivity contribution is -0.147. The summed E-state index contributed by atoms with van der Waals surface area (Å²) in [5.74, 6) is -6.07. The van der Waals surface area contributed by atoms with Crippen molar-refractivity contribution in [1.82, 2.24) is 0 Å². The number of benzene rings is 1. The number of amides is 1. The number of nitrogens with two attached hydrogens (primary N) is 1. The zero-order valence-electron chi connectivity index (χ0n) is 16.4. The highest BCUT2D eigenvalue weighted by Gasteiger charge is 2.60. The Bertz CT molecular complexity index is 1070. The summed E-state index contributed by atoms with van der Waals surface area (Å²) in [6.07, 6.45) is 1.75. The predicted molar refractivity (Wildman–Crippen MR) is 105 cm³/mol. The highest BCUT2D eigenvalue weighted by Crippen LogP contribution is 2.52. The minimum absolute atomic E-state index is 0.116. The SMILES string of the molecule is CCCc1ccc(O)c2c1C[C@H]1C[C@H]3CC(=O)C(C(N)=O)=C(O)[C@@]3(O)C(=O)C1=C2O. The number of carbonyl (C=O) groups excluding carboxylic acids is 3. The van der Waals surface area contributed by atoms with Gasteiger partial charge in [-0.3, -0.25) is 14.4 Å². The van der Waals surface area contributed by atoms with E-state index in [4.69, 9.17) is 5.73 Å². The van der Waals surface area contributed by atoms with Crippen LogP contribution in [-0.2, 0) is 27.2 Å². The lowest BCUT2D eigenvalue weighted by atomic mass is 9.59. The Morgan fingerprint density at radius 2 is 1.90 bits per heavy atom. The molecule has 8 heteroatoms. The van der Waals surface area contributed by atoms with Crippen molar-refractivity contribution >= 4 is 23.2 Å². The first-order chi connectivity index (χ1) is 14.1. The van der Waals surface area contributed by atoms with E-state index in [1.807, 2.05) is 6.92 Å². The molecule has 1 amide bonds. The summed E-state index contributed by atoms with van der Waals surface area (Å²) in [7, 11) is 0. The third-order valence-electron chi connectivity index (χ3n) is 6.56. The monoisotopic (exact) mass is 413 g/mol. The fourth-order valence-electron chi connectivity index (χ4n) is 5.19. The minimum atomic E-state index is -2.52. The van der Waals surface area contributed by atoms with Crippen molar-refractivity contribution in [3.63, 3.8) is 0 Å². The summed E-state index contributed by atoms with van der Waals surface area (Å²) in [4.78, 5) is 37.3. The van der Waals surface area contributed by atoms with Crippen LogP contribution in [0, 0.1) is 11.8 Å². The number of aliphatic hydroxyl groups is 3. The number of primary amides is 1. The number of carbonyl (C=O) groups is 3. The summed E-state index contributed by atoms with van der Waals surface area (Å²) >= 11 is 0. The third-order valence-corrected chi connectivity index (χ3v) is 6.56. The second-order valence-corrected chi connectivity index (χ2v) is 8.25. The van der Waals surface area contributed by atoms with Crippen molar-refractivity contribution in [2.45, 2.75) is 44.6 Å².